The molecule has 0 unspecified atom stereocenters. The number of sulfonamides is 1. The van der Waals surface area contributed by atoms with Crippen LogP contribution in [0.3, 0.4) is 0 Å². The van der Waals surface area contributed by atoms with Gasteiger partial charge in [0.15, 0.2) is 0 Å². The molecular formula is C17H25FN4O3S. The molecule has 1 aromatic rings. The summed E-state index contributed by atoms with van der Waals surface area (Å²) in [6.07, 6.45) is 0. The summed E-state index contributed by atoms with van der Waals surface area (Å²) in [5.74, 6) is -0.549. The number of nitrogens with zero attached hydrogens (tertiary/aromatic N) is 3. The molecule has 0 saturated carbocycles. The highest BCUT2D eigenvalue weighted by atomic mass is 32.2. The molecule has 3 rings (SSSR count). The monoisotopic (exact) mass is 384 g/mol. The van der Waals surface area contributed by atoms with Crippen molar-refractivity contribution >= 4 is 15.9 Å². The standard InChI is InChI=1S/C17H25FN4O3S/c1-14-12-19-5-6-21(14)13-17(23)20-7-9-22(10-8-20)26(24,25)16-4-2-3-15(18)11-16/h2-4,11,14,19H,5-10,12-13H2,1H3/t14-/m1/s1. The number of benzene rings is 1. The predicted octanol–water partition coefficient (Wildman–Crippen LogP) is -0.0477. The third kappa shape index (κ3) is 4.22. The first-order valence-corrected chi connectivity index (χ1v) is 10.3. The number of halogens is 1. The smallest absolute Gasteiger partial charge is 0.243 e. The largest absolute Gasteiger partial charge is 0.339 e. The van der Waals surface area contributed by atoms with Crippen LogP contribution >= 0.6 is 0 Å². The molecule has 0 radical (unpaired) electrons. The second-order valence-electron chi connectivity index (χ2n) is 6.77. The van der Waals surface area contributed by atoms with Crippen LogP contribution in [0, 0.1) is 5.82 Å². The van der Waals surface area contributed by atoms with E-state index in [1.165, 1.54) is 22.5 Å². The Morgan fingerprint density at radius 3 is 2.62 bits per heavy atom. The Labute approximate surface area is 153 Å². The zero-order chi connectivity index (χ0) is 18.7. The first-order chi connectivity index (χ1) is 12.4. The second kappa shape index (κ2) is 7.99. The number of hydrogen-bond acceptors (Lipinski definition) is 5. The van der Waals surface area contributed by atoms with E-state index in [2.05, 4.69) is 17.1 Å². The molecule has 2 saturated heterocycles. The van der Waals surface area contributed by atoms with Gasteiger partial charge in [0.25, 0.3) is 0 Å². The van der Waals surface area contributed by atoms with Crippen molar-refractivity contribution in [2.75, 3.05) is 52.4 Å². The third-order valence-electron chi connectivity index (χ3n) is 5.00. The highest BCUT2D eigenvalue weighted by Gasteiger charge is 2.31. The predicted molar refractivity (Wildman–Crippen MR) is 95.6 cm³/mol. The summed E-state index contributed by atoms with van der Waals surface area (Å²) in [7, 11) is -3.73. The molecule has 0 bridgehead atoms. The van der Waals surface area contributed by atoms with Crippen molar-refractivity contribution < 1.29 is 17.6 Å². The minimum Gasteiger partial charge on any atom is -0.339 e. The lowest BCUT2D eigenvalue weighted by Crippen LogP contribution is -2.56. The minimum absolute atomic E-state index is 0.0292. The minimum atomic E-state index is -3.73. The Morgan fingerprint density at radius 1 is 1.23 bits per heavy atom. The van der Waals surface area contributed by atoms with Crippen LogP contribution in [0.1, 0.15) is 6.92 Å². The van der Waals surface area contributed by atoms with Crippen molar-refractivity contribution in [2.45, 2.75) is 17.9 Å². The van der Waals surface area contributed by atoms with Gasteiger partial charge in [0.2, 0.25) is 15.9 Å². The molecule has 1 N–H and O–H groups in total. The summed E-state index contributed by atoms with van der Waals surface area (Å²) in [6, 6.07) is 5.33. The summed E-state index contributed by atoms with van der Waals surface area (Å²) in [6.45, 7) is 6.18. The molecule has 1 aromatic carbocycles. The van der Waals surface area contributed by atoms with E-state index in [0.29, 0.717) is 25.7 Å². The fraction of sp³-hybridized carbons (Fsp3) is 0.588. The van der Waals surface area contributed by atoms with Crippen LogP contribution in [-0.2, 0) is 14.8 Å². The quantitative estimate of drug-likeness (QED) is 0.788. The van der Waals surface area contributed by atoms with Gasteiger partial charge < -0.3 is 10.2 Å². The van der Waals surface area contributed by atoms with Crippen LogP contribution in [0.25, 0.3) is 0 Å². The molecule has 1 atom stereocenters. The molecule has 7 nitrogen and oxygen atoms in total. The van der Waals surface area contributed by atoms with E-state index in [9.17, 15) is 17.6 Å². The maximum atomic E-state index is 13.3. The lowest BCUT2D eigenvalue weighted by Gasteiger charge is -2.37. The van der Waals surface area contributed by atoms with Crippen molar-refractivity contribution in [2.24, 2.45) is 0 Å². The van der Waals surface area contributed by atoms with E-state index in [1.54, 1.807) is 4.90 Å². The van der Waals surface area contributed by atoms with Crippen LogP contribution in [0.2, 0.25) is 0 Å². The van der Waals surface area contributed by atoms with Crippen LogP contribution in [0.15, 0.2) is 29.2 Å². The Morgan fingerprint density at radius 2 is 1.96 bits per heavy atom. The first-order valence-electron chi connectivity index (χ1n) is 8.86. The summed E-state index contributed by atoms with van der Waals surface area (Å²) >= 11 is 0. The van der Waals surface area contributed by atoms with E-state index in [0.717, 1.165) is 25.7 Å². The number of nitrogens with one attached hydrogen (secondary N) is 1. The van der Waals surface area contributed by atoms with Gasteiger partial charge in [-0.05, 0) is 25.1 Å². The van der Waals surface area contributed by atoms with E-state index < -0.39 is 15.8 Å². The average Bonchev–Trinajstić information content (AvgIpc) is 2.63. The normalized spacial score (nSPS) is 23.2. The zero-order valence-corrected chi connectivity index (χ0v) is 15.7. The molecule has 2 aliphatic rings. The molecule has 1 amide bonds. The Bertz CT molecular complexity index is 750. The topological polar surface area (TPSA) is 73.0 Å². The molecule has 9 heteroatoms. The summed E-state index contributed by atoms with van der Waals surface area (Å²) in [5, 5.41) is 3.29. The number of amides is 1. The Balaban J connectivity index is 1.57. The van der Waals surface area contributed by atoms with Crippen molar-refractivity contribution in [1.29, 1.82) is 0 Å². The first kappa shape index (κ1) is 19.2. The van der Waals surface area contributed by atoms with Gasteiger partial charge in [0.05, 0.1) is 11.4 Å². The van der Waals surface area contributed by atoms with E-state index in [4.69, 9.17) is 0 Å². The van der Waals surface area contributed by atoms with Gasteiger partial charge in [-0.25, -0.2) is 12.8 Å². The number of hydrogen-bond donors (Lipinski definition) is 1. The van der Waals surface area contributed by atoms with Gasteiger partial charge in [-0.2, -0.15) is 4.31 Å². The summed E-state index contributed by atoms with van der Waals surface area (Å²) in [5.41, 5.74) is 0. The molecule has 2 aliphatic heterocycles. The maximum absolute atomic E-state index is 13.3. The Kier molecular flexibility index (Phi) is 5.91. The van der Waals surface area contributed by atoms with Crippen LogP contribution < -0.4 is 5.32 Å². The van der Waals surface area contributed by atoms with Crippen molar-refractivity contribution in [1.82, 2.24) is 19.4 Å². The van der Waals surface area contributed by atoms with Crippen LogP contribution in [-0.4, -0.2) is 86.8 Å². The zero-order valence-electron chi connectivity index (χ0n) is 14.9. The van der Waals surface area contributed by atoms with E-state index in [1.807, 2.05) is 0 Å². The number of rotatable bonds is 4. The van der Waals surface area contributed by atoms with Gasteiger partial charge in [0.1, 0.15) is 5.82 Å². The molecule has 0 spiro atoms. The maximum Gasteiger partial charge on any atom is 0.243 e. The highest BCUT2D eigenvalue weighted by Crippen LogP contribution is 2.18. The molecule has 144 valence electrons. The van der Waals surface area contributed by atoms with Crippen LogP contribution in [0.4, 0.5) is 4.39 Å². The molecule has 0 aliphatic carbocycles. The fourth-order valence-electron chi connectivity index (χ4n) is 3.35. The molecular weight excluding hydrogens is 359 g/mol. The Hall–Kier alpha value is -1.55. The van der Waals surface area contributed by atoms with Crippen molar-refractivity contribution in [3.8, 4) is 0 Å². The highest BCUT2D eigenvalue weighted by molar-refractivity contribution is 7.89. The lowest BCUT2D eigenvalue weighted by atomic mass is 10.2. The van der Waals surface area contributed by atoms with Gasteiger partial charge in [0, 0.05) is 51.9 Å². The molecule has 26 heavy (non-hydrogen) atoms. The van der Waals surface area contributed by atoms with Gasteiger partial charge in [-0.3, -0.25) is 9.69 Å². The van der Waals surface area contributed by atoms with Crippen molar-refractivity contribution in [3.63, 3.8) is 0 Å². The van der Waals surface area contributed by atoms with Gasteiger partial charge in [-0.1, -0.05) is 6.07 Å². The summed E-state index contributed by atoms with van der Waals surface area (Å²) in [4.78, 5) is 16.3. The average molecular weight is 384 g/mol. The molecule has 2 heterocycles. The van der Waals surface area contributed by atoms with Crippen molar-refractivity contribution in [3.05, 3.63) is 30.1 Å². The summed E-state index contributed by atoms with van der Waals surface area (Å²) < 4.78 is 39.9. The number of carbonyl (C=O) groups excluding carboxylic acids is 1. The second-order valence-corrected chi connectivity index (χ2v) is 8.70. The van der Waals surface area contributed by atoms with E-state index >= 15 is 0 Å². The van der Waals surface area contributed by atoms with Gasteiger partial charge >= 0.3 is 0 Å². The fourth-order valence-corrected chi connectivity index (χ4v) is 4.80. The third-order valence-corrected chi connectivity index (χ3v) is 6.90. The number of carbonyl (C=O) groups is 1. The molecule has 0 aromatic heterocycles. The number of piperazine rings is 2. The SMILES string of the molecule is C[C@@H]1CNCCN1CC(=O)N1CCN(S(=O)(=O)c2cccc(F)c2)CC1. The lowest BCUT2D eigenvalue weighted by molar-refractivity contribution is -0.134. The van der Waals surface area contributed by atoms with Gasteiger partial charge in [-0.15, -0.1) is 0 Å². The van der Waals surface area contributed by atoms with Crippen LogP contribution in [0.5, 0.6) is 0 Å². The van der Waals surface area contributed by atoms with E-state index in [-0.39, 0.29) is 23.9 Å². The molecule has 2 fully saturated rings.